The first-order chi connectivity index (χ1) is 8.22. The van der Waals surface area contributed by atoms with Crippen LogP contribution in [0.4, 0.5) is 17.1 Å². The molecule has 0 aromatic heterocycles. The van der Waals surface area contributed by atoms with Crippen molar-refractivity contribution in [1.82, 2.24) is 0 Å². The molecule has 17 heavy (non-hydrogen) atoms. The molecule has 0 radical (unpaired) electrons. The van der Waals surface area contributed by atoms with E-state index in [0.717, 1.165) is 15.8 Å². The molecule has 0 aliphatic rings. The maximum Gasteiger partial charge on any atom is 0.211 e. The van der Waals surface area contributed by atoms with Crippen molar-refractivity contribution in [1.29, 1.82) is 0 Å². The van der Waals surface area contributed by atoms with Crippen molar-refractivity contribution in [3.05, 3.63) is 64.4 Å². The molecule has 0 saturated heterocycles. The zero-order valence-corrected chi connectivity index (χ0v) is 11.0. The molecule has 0 unspecified atom stereocenters. The molecule has 0 amide bonds. The Morgan fingerprint density at radius 3 is 2.47 bits per heavy atom. The second-order valence-corrected chi connectivity index (χ2v) is 4.56. The third kappa shape index (κ3) is 2.48. The minimum atomic E-state index is 0.644. The molecule has 2 nitrogen and oxygen atoms in total. The second kappa shape index (κ2) is 5.03. The Balaban J connectivity index is 2.45. The Labute approximate surface area is 109 Å². The molecule has 2 rings (SSSR count). The number of para-hydroxylation sites is 1. The molecule has 84 valence electrons. The molecule has 0 aliphatic heterocycles. The normalized spacial score (nSPS) is 9.71. The third-order valence-corrected chi connectivity index (χ3v) is 3.06. The Morgan fingerprint density at radius 2 is 1.82 bits per heavy atom. The highest BCUT2D eigenvalue weighted by atomic mass is 79.9. The average molecular weight is 287 g/mol. The SMILES string of the molecule is [C-]#[N+]c1cc(Br)ccc1N(C)c1ccccc1. The Hall–Kier alpha value is -1.79. The predicted octanol–water partition coefficient (Wildman–Crippen LogP) is 4.77. The summed E-state index contributed by atoms with van der Waals surface area (Å²) < 4.78 is 0.925. The molecule has 0 atom stereocenters. The maximum absolute atomic E-state index is 7.21. The van der Waals surface area contributed by atoms with Gasteiger partial charge in [0, 0.05) is 22.9 Å². The van der Waals surface area contributed by atoms with Gasteiger partial charge in [-0.05, 0) is 30.3 Å². The molecule has 0 heterocycles. The van der Waals surface area contributed by atoms with Crippen molar-refractivity contribution >= 4 is 33.0 Å². The lowest BCUT2D eigenvalue weighted by molar-refractivity contribution is 1.21. The third-order valence-electron chi connectivity index (χ3n) is 2.56. The molecular formula is C14H11BrN2. The van der Waals surface area contributed by atoms with Gasteiger partial charge in [0.25, 0.3) is 0 Å². The first-order valence-electron chi connectivity index (χ1n) is 5.18. The summed E-state index contributed by atoms with van der Waals surface area (Å²) in [6, 6.07) is 15.7. The van der Waals surface area contributed by atoms with E-state index in [9.17, 15) is 0 Å². The quantitative estimate of drug-likeness (QED) is 0.722. The van der Waals surface area contributed by atoms with Crippen LogP contribution in [-0.4, -0.2) is 7.05 Å². The van der Waals surface area contributed by atoms with Gasteiger partial charge >= 0.3 is 0 Å². The average Bonchev–Trinajstić information content (AvgIpc) is 2.39. The minimum Gasteiger partial charge on any atom is -0.354 e. The highest BCUT2D eigenvalue weighted by Gasteiger charge is 2.09. The van der Waals surface area contributed by atoms with Gasteiger partial charge in [0.1, 0.15) is 0 Å². The zero-order valence-electron chi connectivity index (χ0n) is 9.39. The van der Waals surface area contributed by atoms with Crippen LogP contribution in [-0.2, 0) is 0 Å². The van der Waals surface area contributed by atoms with E-state index in [-0.39, 0.29) is 0 Å². The number of nitrogens with zero attached hydrogens (tertiary/aromatic N) is 2. The van der Waals surface area contributed by atoms with Crippen LogP contribution in [0.25, 0.3) is 4.85 Å². The molecule has 2 aromatic rings. The molecule has 0 fully saturated rings. The topological polar surface area (TPSA) is 7.60 Å². The van der Waals surface area contributed by atoms with Crippen LogP contribution in [0.3, 0.4) is 0 Å². The summed E-state index contributed by atoms with van der Waals surface area (Å²) in [5.74, 6) is 0. The van der Waals surface area contributed by atoms with Crippen molar-refractivity contribution in [3.8, 4) is 0 Å². The van der Waals surface area contributed by atoms with E-state index in [2.05, 4.69) is 20.8 Å². The first-order valence-corrected chi connectivity index (χ1v) is 5.97. The van der Waals surface area contributed by atoms with Crippen LogP contribution in [0.1, 0.15) is 0 Å². The van der Waals surface area contributed by atoms with E-state index in [4.69, 9.17) is 6.57 Å². The second-order valence-electron chi connectivity index (χ2n) is 3.64. The van der Waals surface area contributed by atoms with E-state index in [0.29, 0.717) is 5.69 Å². The Bertz CT molecular complexity index is 558. The first kappa shape index (κ1) is 11.7. The number of rotatable bonds is 2. The van der Waals surface area contributed by atoms with Gasteiger partial charge in [-0.15, -0.1) is 0 Å². The molecule has 0 spiro atoms. The lowest BCUT2D eigenvalue weighted by atomic mass is 10.2. The van der Waals surface area contributed by atoms with Crippen molar-refractivity contribution in [2.45, 2.75) is 0 Å². The van der Waals surface area contributed by atoms with Crippen molar-refractivity contribution in [3.63, 3.8) is 0 Å². The van der Waals surface area contributed by atoms with Gasteiger partial charge < -0.3 is 4.90 Å². The van der Waals surface area contributed by atoms with E-state index in [1.54, 1.807) is 0 Å². The Morgan fingerprint density at radius 1 is 1.12 bits per heavy atom. The smallest absolute Gasteiger partial charge is 0.211 e. The van der Waals surface area contributed by atoms with E-state index in [1.165, 1.54) is 0 Å². The molecular weight excluding hydrogens is 276 g/mol. The van der Waals surface area contributed by atoms with Crippen molar-refractivity contribution < 1.29 is 0 Å². The summed E-state index contributed by atoms with van der Waals surface area (Å²) in [7, 11) is 1.97. The van der Waals surface area contributed by atoms with Gasteiger partial charge in [-0.3, -0.25) is 0 Å². The van der Waals surface area contributed by atoms with Crippen molar-refractivity contribution in [2.24, 2.45) is 0 Å². The summed E-state index contributed by atoms with van der Waals surface area (Å²) in [5.41, 5.74) is 2.62. The fourth-order valence-corrected chi connectivity index (χ4v) is 2.01. The molecule has 3 heteroatoms. The van der Waals surface area contributed by atoms with Gasteiger partial charge in [-0.1, -0.05) is 34.1 Å². The highest BCUT2D eigenvalue weighted by molar-refractivity contribution is 9.10. The van der Waals surface area contributed by atoms with E-state index in [1.807, 2.05) is 60.5 Å². The molecule has 0 bridgehead atoms. The van der Waals surface area contributed by atoms with Gasteiger partial charge in [-0.2, -0.15) is 0 Å². The number of hydrogen-bond donors (Lipinski definition) is 0. The van der Waals surface area contributed by atoms with Crippen LogP contribution in [0.15, 0.2) is 53.0 Å². The fraction of sp³-hybridized carbons (Fsp3) is 0.0714. The summed E-state index contributed by atoms with van der Waals surface area (Å²) >= 11 is 3.38. The van der Waals surface area contributed by atoms with Gasteiger partial charge in [0.05, 0.1) is 6.57 Å². The van der Waals surface area contributed by atoms with Crippen LogP contribution in [0, 0.1) is 6.57 Å². The van der Waals surface area contributed by atoms with Gasteiger partial charge in [-0.25, -0.2) is 4.85 Å². The molecule has 0 aliphatic carbocycles. The van der Waals surface area contributed by atoms with E-state index >= 15 is 0 Å². The number of benzene rings is 2. The number of hydrogen-bond acceptors (Lipinski definition) is 1. The standard InChI is InChI=1S/C14H11BrN2/c1-16-13-10-11(15)8-9-14(13)17(2)12-6-4-3-5-7-12/h3-10H,2H3. The predicted molar refractivity (Wildman–Crippen MR) is 74.9 cm³/mol. The highest BCUT2D eigenvalue weighted by Crippen LogP contribution is 2.34. The molecule has 2 aromatic carbocycles. The largest absolute Gasteiger partial charge is 0.354 e. The van der Waals surface area contributed by atoms with Crippen LogP contribution in [0.5, 0.6) is 0 Å². The van der Waals surface area contributed by atoms with Crippen LogP contribution < -0.4 is 4.90 Å². The summed E-state index contributed by atoms with van der Waals surface area (Å²) in [4.78, 5) is 5.57. The summed E-state index contributed by atoms with van der Waals surface area (Å²) in [6.45, 7) is 7.21. The van der Waals surface area contributed by atoms with Crippen LogP contribution >= 0.6 is 15.9 Å². The summed E-state index contributed by atoms with van der Waals surface area (Å²) in [5, 5.41) is 0. The zero-order chi connectivity index (χ0) is 12.3. The van der Waals surface area contributed by atoms with Gasteiger partial charge in [0.15, 0.2) is 0 Å². The Kier molecular flexibility index (Phi) is 3.46. The lowest BCUT2D eigenvalue weighted by Gasteiger charge is -2.21. The molecule has 0 saturated carbocycles. The number of anilines is 2. The minimum absolute atomic E-state index is 0.644. The van der Waals surface area contributed by atoms with Crippen molar-refractivity contribution in [2.75, 3.05) is 11.9 Å². The lowest BCUT2D eigenvalue weighted by Crippen LogP contribution is -2.09. The van der Waals surface area contributed by atoms with Crippen LogP contribution in [0.2, 0.25) is 0 Å². The fourth-order valence-electron chi connectivity index (χ4n) is 1.66. The summed E-state index contributed by atoms with van der Waals surface area (Å²) in [6.07, 6.45) is 0. The van der Waals surface area contributed by atoms with E-state index < -0.39 is 0 Å². The molecule has 0 N–H and O–H groups in total. The number of halogens is 1. The van der Waals surface area contributed by atoms with Gasteiger partial charge in [0.2, 0.25) is 5.69 Å². The maximum atomic E-state index is 7.21. The monoisotopic (exact) mass is 286 g/mol.